The van der Waals surface area contributed by atoms with Gasteiger partial charge in [0.25, 0.3) is 0 Å². The fourth-order valence-corrected chi connectivity index (χ4v) is 1.62. The van der Waals surface area contributed by atoms with Crippen LogP contribution in [0.3, 0.4) is 0 Å². The molecular weight excluding hydrogens is 226 g/mol. The van der Waals surface area contributed by atoms with Gasteiger partial charge < -0.3 is 0 Å². The van der Waals surface area contributed by atoms with Crippen molar-refractivity contribution in [3.8, 4) is 0 Å². The van der Waals surface area contributed by atoms with E-state index in [0.717, 1.165) is 0 Å². The van der Waals surface area contributed by atoms with E-state index in [-0.39, 0.29) is 0 Å². The maximum absolute atomic E-state index is 2.45. The molecule has 1 heterocycles. The monoisotopic (exact) mass is 237 g/mol. The van der Waals surface area contributed by atoms with E-state index in [2.05, 4.69) is -0.154 Å². The van der Waals surface area contributed by atoms with Crippen molar-refractivity contribution in [2.24, 2.45) is 0 Å². The van der Waals surface area contributed by atoms with E-state index >= 15 is 0 Å². The van der Waals surface area contributed by atoms with E-state index in [1.165, 1.54) is 32.4 Å². The van der Waals surface area contributed by atoms with Crippen LogP contribution in [0.15, 0.2) is 0 Å². The summed E-state index contributed by atoms with van der Waals surface area (Å²) in [6, 6.07) is 0. The van der Waals surface area contributed by atoms with Gasteiger partial charge in [-0.05, 0) is 0 Å². The molecular formula is C5H10EuN. The predicted molar refractivity (Wildman–Crippen MR) is 25.4 cm³/mol. The summed E-state index contributed by atoms with van der Waals surface area (Å²) in [4.78, 5) is 0. The number of hydrogen-bond acceptors (Lipinski definition) is 1. The Hall–Kier alpha value is 1.54. The molecule has 0 N–H and O–H groups in total. The Morgan fingerprint density at radius 2 is 1.57 bits per heavy atom. The molecule has 1 saturated heterocycles. The Balaban J connectivity index is 2.12. The van der Waals surface area contributed by atoms with Crippen LogP contribution in [0, 0.1) is 47.5 Å². The van der Waals surface area contributed by atoms with Gasteiger partial charge in [0.05, 0.1) is 0 Å². The number of piperidine rings is 1. The van der Waals surface area contributed by atoms with Crippen molar-refractivity contribution >= 4 is 0 Å². The number of nitrogens with zero attached hydrogens (tertiary/aromatic N) is 1. The zero-order valence-electron chi connectivity index (χ0n) is 4.36. The van der Waals surface area contributed by atoms with Crippen molar-refractivity contribution < 1.29 is 47.5 Å². The second-order valence-electron chi connectivity index (χ2n) is 1.97. The van der Waals surface area contributed by atoms with E-state index in [1.807, 2.05) is 47.5 Å². The molecule has 0 aliphatic carbocycles. The van der Waals surface area contributed by atoms with Crippen LogP contribution in [0.2, 0.25) is 0 Å². The van der Waals surface area contributed by atoms with Crippen molar-refractivity contribution in [2.75, 3.05) is 13.1 Å². The Bertz CT molecular complexity index is 50.0. The maximum atomic E-state index is 2.45. The molecule has 0 aromatic heterocycles. The topological polar surface area (TPSA) is 3.24 Å². The van der Waals surface area contributed by atoms with Crippen LogP contribution in [0.1, 0.15) is 19.3 Å². The van der Waals surface area contributed by atoms with Crippen molar-refractivity contribution in [1.82, 2.24) is -0.154 Å². The quantitative estimate of drug-likeness (QED) is 0.605. The first kappa shape index (κ1) is 6.66. The fraction of sp³-hybridized carbons (Fsp3) is 1.00. The van der Waals surface area contributed by atoms with Gasteiger partial charge in [0.15, 0.2) is 0 Å². The Morgan fingerprint density at radius 1 is 1.00 bits per heavy atom. The van der Waals surface area contributed by atoms with Crippen molar-refractivity contribution in [3.05, 3.63) is 0 Å². The molecule has 0 saturated carbocycles. The number of rotatable bonds is 0. The molecule has 0 aromatic carbocycles. The first-order valence-electron chi connectivity index (χ1n) is 2.80. The van der Waals surface area contributed by atoms with Crippen LogP contribution in [-0.4, -0.2) is 12.9 Å². The Kier molecular flexibility index (Phi) is 3.38. The first-order valence-corrected chi connectivity index (χ1v) is 3.89. The molecule has 1 aliphatic rings. The summed E-state index contributed by atoms with van der Waals surface area (Å²) in [6.07, 6.45) is 4.31. The zero-order chi connectivity index (χ0) is 5.11. The molecule has 0 amide bonds. The van der Waals surface area contributed by atoms with Gasteiger partial charge in [-0.3, -0.25) is 0 Å². The van der Waals surface area contributed by atoms with E-state index in [1.54, 1.807) is 0 Å². The molecule has 0 radical (unpaired) electrons. The van der Waals surface area contributed by atoms with Crippen molar-refractivity contribution in [1.29, 1.82) is 0 Å². The minimum atomic E-state index is 1.34. The second-order valence-corrected chi connectivity index (χ2v) is 3.50. The molecule has 1 rings (SSSR count). The molecule has 0 spiro atoms. The summed E-state index contributed by atoms with van der Waals surface area (Å²) in [5, 5.41) is 0. The van der Waals surface area contributed by atoms with E-state index in [0.29, 0.717) is 0 Å². The number of hydrogen-bond donors (Lipinski definition) is 0. The van der Waals surface area contributed by atoms with Gasteiger partial charge in [-0.25, -0.2) is 0 Å². The molecule has 2 heteroatoms. The summed E-state index contributed by atoms with van der Waals surface area (Å²) in [7, 11) is 0. The average molecular weight is 236 g/mol. The summed E-state index contributed by atoms with van der Waals surface area (Å²) in [5.41, 5.74) is 0. The predicted octanol–water partition coefficient (Wildman–Crippen LogP) is 0.937. The fourth-order valence-electron chi connectivity index (χ4n) is 0.855. The van der Waals surface area contributed by atoms with E-state index < -0.39 is 0 Å². The van der Waals surface area contributed by atoms with Crippen LogP contribution >= 0.6 is 0 Å². The van der Waals surface area contributed by atoms with Gasteiger partial charge in [0, 0.05) is 0 Å². The van der Waals surface area contributed by atoms with Gasteiger partial charge >= 0.3 is 79.6 Å². The summed E-state index contributed by atoms with van der Waals surface area (Å²) >= 11 is 1.83. The summed E-state index contributed by atoms with van der Waals surface area (Å²) in [5.74, 6) is 0. The van der Waals surface area contributed by atoms with Crippen LogP contribution in [0.5, 0.6) is 0 Å². The van der Waals surface area contributed by atoms with E-state index in [4.69, 9.17) is 0 Å². The molecule has 0 bridgehead atoms. The standard InChI is InChI=1S/C5H10N.Eu/c1-2-4-6-5-3-1;/h1-5H2;/q-1;+1. The normalized spacial score (nSPS) is 25.3. The van der Waals surface area contributed by atoms with Crippen molar-refractivity contribution in [2.45, 2.75) is 19.3 Å². The van der Waals surface area contributed by atoms with Gasteiger partial charge in [0.2, 0.25) is 0 Å². The molecule has 1 fully saturated rings. The molecule has 0 atom stereocenters. The molecule has 0 aromatic rings. The zero-order valence-corrected chi connectivity index (χ0v) is 6.79. The Morgan fingerprint density at radius 3 is 1.86 bits per heavy atom. The van der Waals surface area contributed by atoms with Gasteiger partial charge in [-0.2, -0.15) is 0 Å². The molecule has 1 nitrogen and oxygen atoms in total. The van der Waals surface area contributed by atoms with Crippen LogP contribution < -0.4 is 0 Å². The van der Waals surface area contributed by atoms with Crippen LogP contribution in [0.25, 0.3) is 0 Å². The van der Waals surface area contributed by atoms with Crippen LogP contribution in [-0.2, 0) is 0 Å². The third kappa shape index (κ3) is 2.55. The third-order valence-corrected chi connectivity index (χ3v) is 2.39. The molecule has 7 heavy (non-hydrogen) atoms. The second kappa shape index (κ2) is 3.55. The first-order chi connectivity index (χ1) is 3.39. The average Bonchev–Trinajstić information content (AvgIpc) is 1.69. The van der Waals surface area contributed by atoms with Gasteiger partial charge in [-0.15, -0.1) is 0 Å². The van der Waals surface area contributed by atoms with Crippen LogP contribution in [0.4, 0.5) is 0 Å². The molecule has 1 aliphatic heterocycles. The molecule has 42 valence electrons. The summed E-state index contributed by atoms with van der Waals surface area (Å²) in [6.45, 7) is 2.69. The van der Waals surface area contributed by atoms with Gasteiger partial charge in [-0.1, -0.05) is 0 Å². The van der Waals surface area contributed by atoms with Crippen molar-refractivity contribution in [3.63, 3.8) is 0 Å². The summed E-state index contributed by atoms with van der Waals surface area (Å²) < 4.78 is 2.45. The Labute approximate surface area is 78.4 Å². The third-order valence-electron chi connectivity index (χ3n) is 1.30. The van der Waals surface area contributed by atoms with E-state index in [9.17, 15) is 0 Å². The molecule has 0 unspecified atom stereocenters. The SMILES string of the molecule is [Eu][N]1CCCCC1. The minimum absolute atomic E-state index is 1.34. The van der Waals surface area contributed by atoms with Gasteiger partial charge in [0.1, 0.15) is 0 Å².